The van der Waals surface area contributed by atoms with E-state index < -0.39 is 6.29 Å². The van der Waals surface area contributed by atoms with Crippen LogP contribution in [0.1, 0.15) is 24.7 Å². The van der Waals surface area contributed by atoms with Crippen LogP contribution in [-0.2, 0) is 9.47 Å². The average Bonchev–Trinajstić information content (AvgIpc) is 2.45. The first-order valence-corrected chi connectivity index (χ1v) is 6.41. The lowest BCUT2D eigenvalue weighted by Crippen LogP contribution is -2.26. The average molecular weight is 264 g/mol. The van der Waals surface area contributed by atoms with Crippen molar-refractivity contribution in [1.82, 2.24) is 0 Å². The van der Waals surface area contributed by atoms with Crippen LogP contribution in [0.25, 0.3) is 0 Å². The van der Waals surface area contributed by atoms with Gasteiger partial charge in [-0.15, -0.1) is 0 Å². The Morgan fingerprint density at radius 1 is 1.42 bits per heavy atom. The zero-order valence-electron chi connectivity index (χ0n) is 11.2. The molecular formula is C15H20O4. The molecule has 0 spiro atoms. The van der Waals surface area contributed by atoms with Crippen LogP contribution in [0.2, 0.25) is 0 Å². The van der Waals surface area contributed by atoms with E-state index in [4.69, 9.17) is 14.2 Å². The lowest BCUT2D eigenvalue weighted by molar-refractivity contribution is -0.137. The second-order valence-corrected chi connectivity index (χ2v) is 4.66. The number of benzene rings is 1. The molecule has 1 aliphatic heterocycles. The number of aliphatic hydroxyl groups excluding tert-OH is 1. The van der Waals surface area contributed by atoms with E-state index in [1.807, 2.05) is 0 Å². The van der Waals surface area contributed by atoms with Gasteiger partial charge in [-0.1, -0.05) is 24.3 Å². The van der Waals surface area contributed by atoms with Crippen molar-refractivity contribution in [3.8, 4) is 5.75 Å². The second-order valence-electron chi connectivity index (χ2n) is 4.66. The Kier molecular flexibility index (Phi) is 4.96. The fourth-order valence-electron chi connectivity index (χ4n) is 2.02. The molecule has 1 heterocycles. The number of aliphatic hydroxyl groups is 1. The molecule has 1 saturated heterocycles. The third-order valence-electron chi connectivity index (χ3n) is 3.17. The zero-order chi connectivity index (χ0) is 13.7. The molecule has 1 fully saturated rings. The summed E-state index contributed by atoms with van der Waals surface area (Å²) in [6.07, 6.45) is 0.770. The second kappa shape index (κ2) is 6.70. The van der Waals surface area contributed by atoms with Crippen molar-refractivity contribution in [2.75, 3.05) is 20.3 Å². The van der Waals surface area contributed by atoms with Crippen LogP contribution in [0.15, 0.2) is 36.4 Å². The molecule has 0 bridgehead atoms. The summed E-state index contributed by atoms with van der Waals surface area (Å²) in [5.74, 6) is 0.753. The van der Waals surface area contributed by atoms with Crippen molar-refractivity contribution < 1.29 is 19.3 Å². The monoisotopic (exact) mass is 264 g/mol. The van der Waals surface area contributed by atoms with E-state index in [9.17, 15) is 5.11 Å². The van der Waals surface area contributed by atoms with E-state index in [0.29, 0.717) is 18.8 Å². The van der Waals surface area contributed by atoms with Gasteiger partial charge in [0.1, 0.15) is 5.75 Å². The summed E-state index contributed by atoms with van der Waals surface area (Å²) in [7, 11) is 1.61. The van der Waals surface area contributed by atoms with Crippen molar-refractivity contribution in [2.24, 2.45) is 0 Å². The van der Waals surface area contributed by atoms with Gasteiger partial charge < -0.3 is 19.3 Å². The van der Waals surface area contributed by atoms with Crippen LogP contribution in [0.4, 0.5) is 0 Å². The van der Waals surface area contributed by atoms with Crippen molar-refractivity contribution >= 4 is 0 Å². The largest absolute Gasteiger partial charge is 0.497 e. The maximum absolute atomic E-state index is 9.94. The number of rotatable bonds is 5. The smallest absolute Gasteiger partial charge is 0.181 e. The lowest BCUT2D eigenvalue weighted by atomic mass is 10.1. The molecule has 0 radical (unpaired) electrons. The minimum atomic E-state index is -0.940. The topological polar surface area (TPSA) is 47.9 Å². The van der Waals surface area contributed by atoms with E-state index in [1.165, 1.54) is 5.57 Å². The quantitative estimate of drug-likeness (QED) is 0.655. The molecule has 0 amide bonds. The van der Waals surface area contributed by atoms with Crippen molar-refractivity contribution in [3.05, 3.63) is 42.0 Å². The number of ether oxygens (including phenoxy) is 3. The van der Waals surface area contributed by atoms with Crippen LogP contribution in [0.5, 0.6) is 5.75 Å². The van der Waals surface area contributed by atoms with Gasteiger partial charge in [0.25, 0.3) is 0 Å². The number of hydrogen-bond donors (Lipinski definition) is 1. The van der Waals surface area contributed by atoms with Crippen molar-refractivity contribution in [3.63, 3.8) is 0 Å². The summed E-state index contributed by atoms with van der Waals surface area (Å²) < 4.78 is 16.1. The Bertz CT molecular complexity index is 413. The molecule has 1 N–H and O–H groups in total. The van der Waals surface area contributed by atoms with Gasteiger partial charge in [-0.3, -0.25) is 0 Å². The first-order valence-electron chi connectivity index (χ1n) is 6.41. The molecule has 4 nitrogen and oxygen atoms in total. The van der Waals surface area contributed by atoms with Crippen LogP contribution in [0, 0.1) is 0 Å². The van der Waals surface area contributed by atoms with Crippen molar-refractivity contribution in [2.45, 2.75) is 25.2 Å². The van der Waals surface area contributed by atoms with E-state index >= 15 is 0 Å². The third-order valence-corrected chi connectivity index (χ3v) is 3.17. The Balaban J connectivity index is 1.82. The standard InChI is InChI=1S/C15H20O4/c1-11-7-8-18-14(9-11)10-19-15(16)12-3-5-13(17-2)6-4-12/h3-6,14-16H,1,7-10H2,2H3/t14-,15?/m0/s1. The predicted octanol–water partition coefficient (Wildman–Crippen LogP) is 2.44. The highest BCUT2D eigenvalue weighted by atomic mass is 16.6. The zero-order valence-corrected chi connectivity index (χ0v) is 11.2. The molecule has 1 aliphatic rings. The predicted molar refractivity (Wildman–Crippen MR) is 72.0 cm³/mol. The highest BCUT2D eigenvalue weighted by molar-refractivity contribution is 5.27. The number of methoxy groups -OCH3 is 1. The van der Waals surface area contributed by atoms with Gasteiger partial charge in [0.05, 0.1) is 26.4 Å². The molecule has 4 heteroatoms. The Morgan fingerprint density at radius 2 is 2.16 bits per heavy atom. The fraction of sp³-hybridized carbons (Fsp3) is 0.467. The molecule has 1 aromatic rings. The van der Waals surface area contributed by atoms with E-state index in [2.05, 4.69) is 6.58 Å². The Labute approximate surface area is 113 Å². The minimum absolute atomic E-state index is 0.00542. The molecular weight excluding hydrogens is 244 g/mol. The summed E-state index contributed by atoms with van der Waals surface area (Å²) in [4.78, 5) is 0. The maximum atomic E-state index is 9.94. The van der Waals surface area contributed by atoms with Gasteiger partial charge in [-0.05, 0) is 25.0 Å². The lowest BCUT2D eigenvalue weighted by Gasteiger charge is -2.25. The fourth-order valence-corrected chi connectivity index (χ4v) is 2.02. The van der Waals surface area contributed by atoms with Crippen LogP contribution in [-0.4, -0.2) is 31.5 Å². The molecule has 0 aliphatic carbocycles. The first kappa shape index (κ1) is 14.1. The summed E-state index contributed by atoms with van der Waals surface area (Å²) in [6.45, 7) is 5.01. The normalized spacial score (nSPS) is 21.2. The van der Waals surface area contributed by atoms with Crippen LogP contribution >= 0.6 is 0 Å². The first-order chi connectivity index (χ1) is 9.19. The SMILES string of the molecule is C=C1CCO[C@H](COC(O)c2ccc(OC)cc2)C1. The minimum Gasteiger partial charge on any atom is -0.497 e. The van der Waals surface area contributed by atoms with Crippen LogP contribution in [0.3, 0.4) is 0 Å². The van der Waals surface area contributed by atoms with Gasteiger partial charge in [-0.2, -0.15) is 0 Å². The van der Waals surface area contributed by atoms with E-state index in [0.717, 1.165) is 18.6 Å². The summed E-state index contributed by atoms with van der Waals surface area (Å²) in [6, 6.07) is 7.15. The molecule has 19 heavy (non-hydrogen) atoms. The number of hydrogen-bond acceptors (Lipinski definition) is 4. The molecule has 1 aromatic carbocycles. The summed E-state index contributed by atoms with van der Waals surface area (Å²) >= 11 is 0. The van der Waals surface area contributed by atoms with Gasteiger partial charge in [0.2, 0.25) is 0 Å². The third kappa shape index (κ3) is 4.06. The maximum Gasteiger partial charge on any atom is 0.181 e. The highest BCUT2D eigenvalue weighted by Gasteiger charge is 2.18. The highest BCUT2D eigenvalue weighted by Crippen LogP contribution is 2.22. The van der Waals surface area contributed by atoms with Crippen LogP contribution < -0.4 is 4.74 Å². The molecule has 1 unspecified atom stereocenters. The molecule has 0 saturated carbocycles. The van der Waals surface area contributed by atoms with Gasteiger partial charge >= 0.3 is 0 Å². The Hall–Kier alpha value is -1.36. The molecule has 2 rings (SSSR count). The summed E-state index contributed by atoms with van der Waals surface area (Å²) in [5.41, 5.74) is 1.88. The van der Waals surface area contributed by atoms with E-state index in [1.54, 1.807) is 31.4 Å². The molecule has 2 atom stereocenters. The molecule has 104 valence electrons. The van der Waals surface area contributed by atoms with Gasteiger partial charge in [0.15, 0.2) is 6.29 Å². The van der Waals surface area contributed by atoms with E-state index in [-0.39, 0.29) is 6.10 Å². The van der Waals surface area contributed by atoms with Gasteiger partial charge in [-0.25, -0.2) is 0 Å². The summed E-state index contributed by atoms with van der Waals surface area (Å²) in [5, 5.41) is 9.94. The van der Waals surface area contributed by atoms with Gasteiger partial charge in [0, 0.05) is 5.56 Å². The van der Waals surface area contributed by atoms with Crippen molar-refractivity contribution in [1.29, 1.82) is 0 Å². The Morgan fingerprint density at radius 3 is 2.79 bits per heavy atom. The molecule has 0 aromatic heterocycles.